The molecule has 5 rings (SSSR count). The van der Waals surface area contributed by atoms with Gasteiger partial charge in [0.15, 0.2) is 0 Å². The number of nitrogens with one attached hydrogen (secondary N) is 1. The lowest BCUT2D eigenvalue weighted by Crippen LogP contribution is -2.33. The number of benzene rings is 4. The molecule has 0 radical (unpaired) electrons. The van der Waals surface area contributed by atoms with Crippen LogP contribution in [0.15, 0.2) is 88.5 Å². The summed E-state index contributed by atoms with van der Waals surface area (Å²) in [5.74, 6) is 0. The lowest BCUT2D eigenvalue weighted by molar-refractivity contribution is 0.185. The Labute approximate surface area is 188 Å². The first-order valence-electron chi connectivity index (χ1n) is 10.1. The van der Waals surface area contributed by atoms with Crippen molar-refractivity contribution in [3.63, 3.8) is 0 Å². The van der Waals surface area contributed by atoms with Gasteiger partial charge in [0.1, 0.15) is 0 Å². The Kier molecular flexibility index (Phi) is 5.13. The van der Waals surface area contributed by atoms with E-state index in [0.717, 1.165) is 27.5 Å². The number of rotatable bonds is 4. The molecule has 32 heavy (non-hydrogen) atoms. The van der Waals surface area contributed by atoms with Crippen LogP contribution in [0.4, 0.5) is 0 Å². The highest BCUT2D eigenvalue weighted by molar-refractivity contribution is 6.33. The van der Waals surface area contributed by atoms with Gasteiger partial charge >= 0.3 is 5.69 Å². The summed E-state index contributed by atoms with van der Waals surface area (Å²) in [5, 5.41) is 2.78. The van der Waals surface area contributed by atoms with Gasteiger partial charge in [0, 0.05) is 23.1 Å². The highest BCUT2D eigenvalue weighted by Gasteiger charge is 2.15. The van der Waals surface area contributed by atoms with Crippen molar-refractivity contribution in [2.45, 2.75) is 6.61 Å². The molecule has 6 heteroatoms. The molecule has 0 aliphatic carbocycles. The lowest BCUT2D eigenvalue weighted by Gasteiger charge is -2.13. The minimum absolute atomic E-state index is 0.372. The normalized spacial score (nSPS) is 11.3. The molecule has 158 valence electrons. The van der Waals surface area contributed by atoms with E-state index < -0.39 is 5.69 Å². The molecule has 4 aromatic carbocycles. The summed E-state index contributed by atoms with van der Waals surface area (Å²) in [6.45, 7) is 0.396. The molecule has 0 saturated carbocycles. The number of aromatic nitrogens is 2. The van der Waals surface area contributed by atoms with Crippen LogP contribution >= 0.6 is 11.6 Å². The molecule has 0 bridgehead atoms. The van der Waals surface area contributed by atoms with Crippen molar-refractivity contribution >= 4 is 33.3 Å². The molecule has 0 aliphatic rings. The number of H-pyrrole nitrogens is 1. The van der Waals surface area contributed by atoms with Crippen LogP contribution in [0.1, 0.15) is 5.56 Å². The maximum atomic E-state index is 13.4. The maximum absolute atomic E-state index is 13.4. The van der Waals surface area contributed by atoms with E-state index in [9.17, 15) is 9.59 Å². The number of aromatic amines is 1. The topological polar surface area (TPSA) is 64.1 Å². The summed E-state index contributed by atoms with van der Waals surface area (Å²) >= 11 is 6.48. The Hall–Kier alpha value is -3.67. The number of hydrogen-bond donors (Lipinski definition) is 1. The van der Waals surface area contributed by atoms with Crippen LogP contribution in [0, 0.1) is 0 Å². The molecule has 0 saturated heterocycles. The predicted molar refractivity (Wildman–Crippen MR) is 129 cm³/mol. The molecule has 0 spiro atoms. The van der Waals surface area contributed by atoms with Crippen molar-refractivity contribution in [1.82, 2.24) is 9.55 Å². The first-order chi connectivity index (χ1) is 15.6. The molecule has 0 unspecified atom stereocenters. The summed E-state index contributed by atoms with van der Waals surface area (Å²) in [7, 11) is 1.62. The molecule has 1 aromatic heterocycles. The smallest absolute Gasteiger partial charge is 0.333 e. The van der Waals surface area contributed by atoms with Gasteiger partial charge in [-0.25, -0.2) is 9.36 Å². The molecule has 1 N–H and O–H groups in total. The molecule has 0 atom stereocenters. The molecule has 5 nitrogen and oxygen atoms in total. The second-order valence-electron chi connectivity index (χ2n) is 7.54. The van der Waals surface area contributed by atoms with Crippen molar-refractivity contribution < 1.29 is 4.74 Å². The van der Waals surface area contributed by atoms with Gasteiger partial charge < -0.3 is 9.72 Å². The zero-order valence-corrected chi connectivity index (χ0v) is 18.0. The van der Waals surface area contributed by atoms with Gasteiger partial charge in [-0.05, 0) is 40.8 Å². The Morgan fingerprint density at radius 3 is 2.53 bits per heavy atom. The van der Waals surface area contributed by atoms with Gasteiger partial charge in [0.2, 0.25) is 0 Å². The number of ether oxygens (including phenoxy) is 1. The Balaban J connectivity index is 1.74. The summed E-state index contributed by atoms with van der Waals surface area (Å²) in [6, 6.07) is 24.2. The van der Waals surface area contributed by atoms with Crippen LogP contribution in [-0.2, 0) is 11.3 Å². The van der Waals surface area contributed by atoms with Crippen molar-refractivity contribution in [2.24, 2.45) is 0 Å². The van der Waals surface area contributed by atoms with Gasteiger partial charge in [-0.3, -0.25) is 4.79 Å². The highest BCUT2D eigenvalue weighted by Crippen LogP contribution is 2.33. The first kappa shape index (κ1) is 20.2. The monoisotopic (exact) mass is 442 g/mol. The van der Waals surface area contributed by atoms with Gasteiger partial charge in [0.05, 0.1) is 23.2 Å². The Morgan fingerprint density at radius 1 is 0.906 bits per heavy atom. The van der Waals surface area contributed by atoms with E-state index in [1.165, 1.54) is 4.57 Å². The van der Waals surface area contributed by atoms with Gasteiger partial charge in [-0.15, -0.1) is 0 Å². The highest BCUT2D eigenvalue weighted by atomic mass is 35.5. The van der Waals surface area contributed by atoms with Crippen LogP contribution in [0.5, 0.6) is 0 Å². The zero-order chi connectivity index (χ0) is 22.2. The largest absolute Gasteiger partial charge is 0.380 e. The average molecular weight is 443 g/mol. The van der Waals surface area contributed by atoms with Crippen molar-refractivity contribution in [1.29, 1.82) is 0 Å². The average Bonchev–Trinajstić information content (AvgIpc) is 2.79. The lowest BCUT2D eigenvalue weighted by atomic mass is 9.99. The number of halogens is 1. The van der Waals surface area contributed by atoms with Crippen LogP contribution in [0.2, 0.25) is 5.02 Å². The fourth-order valence-electron chi connectivity index (χ4n) is 4.16. The van der Waals surface area contributed by atoms with E-state index in [0.29, 0.717) is 28.2 Å². The Morgan fingerprint density at radius 2 is 1.69 bits per heavy atom. The maximum Gasteiger partial charge on any atom is 0.333 e. The van der Waals surface area contributed by atoms with E-state index in [2.05, 4.69) is 4.98 Å². The third-order valence-corrected chi connectivity index (χ3v) is 5.91. The number of fused-ring (bicyclic) bond motifs is 2. The molecular weight excluding hydrogens is 424 g/mol. The molecular formula is C26H19ClN2O3. The number of methoxy groups -OCH3 is 1. The molecule has 0 aliphatic heterocycles. The molecule has 0 fully saturated rings. The standard InChI is InChI=1S/C26H19ClN2O3/c1-32-15-18-8-4-10-21(27)24(18)17-12-13-20-22(14-17)28-26(31)29(25(20)30)23-11-5-7-16-6-2-3-9-19(16)23/h2-14H,15H2,1H3,(H,28,31). The fraction of sp³-hybridized carbons (Fsp3) is 0.0769. The summed E-state index contributed by atoms with van der Waals surface area (Å²) in [5.41, 5.74) is 2.68. The summed E-state index contributed by atoms with van der Waals surface area (Å²) in [4.78, 5) is 29.3. The fourth-order valence-corrected chi connectivity index (χ4v) is 4.47. The van der Waals surface area contributed by atoms with Crippen LogP contribution in [0.3, 0.4) is 0 Å². The first-order valence-corrected chi connectivity index (χ1v) is 10.5. The van der Waals surface area contributed by atoms with Crippen LogP contribution in [0.25, 0.3) is 38.5 Å². The number of nitrogens with zero attached hydrogens (tertiary/aromatic N) is 1. The van der Waals surface area contributed by atoms with E-state index in [1.807, 2.05) is 60.7 Å². The zero-order valence-electron chi connectivity index (χ0n) is 17.3. The van der Waals surface area contributed by atoms with Crippen molar-refractivity contribution in [3.05, 3.63) is 110 Å². The third kappa shape index (κ3) is 3.32. The van der Waals surface area contributed by atoms with E-state index >= 15 is 0 Å². The summed E-state index contributed by atoms with van der Waals surface area (Å²) < 4.78 is 6.49. The van der Waals surface area contributed by atoms with E-state index in [4.69, 9.17) is 16.3 Å². The molecule has 0 amide bonds. The van der Waals surface area contributed by atoms with Crippen LogP contribution < -0.4 is 11.2 Å². The minimum atomic E-state index is -0.493. The predicted octanol–water partition coefficient (Wildman–Crippen LogP) is 5.30. The second-order valence-corrected chi connectivity index (χ2v) is 7.94. The van der Waals surface area contributed by atoms with Gasteiger partial charge in [-0.2, -0.15) is 0 Å². The van der Waals surface area contributed by atoms with E-state index in [-0.39, 0.29) is 5.56 Å². The number of hydrogen-bond acceptors (Lipinski definition) is 3. The second kappa shape index (κ2) is 8.11. The summed E-state index contributed by atoms with van der Waals surface area (Å²) in [6.07, 6.45) is 0. The van der Waals surface area contributed by atoms with Crippen molar-refractivity contribution in [3.8, 4) is 16.8 Å². The minimum Gasteiger partial charge on any atom is -0.380 e. The van der Waals surface area contributed by atoms with Gasteiger partial charge in [-0.1, -0.05) is 66.2 Å². The van der Waals surface area contributed by atoms with Crippen LogP contribution in [-0.4, -0.2) is 16.7 Å². The third-order valence-electron chi connectivity index (χ3n) is 5.59. The SMILES string of the molecule is COCc1cccc(Cl)c1-c1ccc2c(=O)n(-c3cccc4ccccc34)c(=O)[nH]c2c1. The quantitative estimate of drug-likeness (QED) is 0.411. The van der Waals surface area contributed by atoms with Gasteiger partial charge in [0.25, 0.3) is 5.56 Å². The van der Waals surface area contributed by atoms with Crippen molar-refractivity contribution in [2.75, 3.05) is 7.11 Å². The molecule has 1 heterocycles. The molecule has 5 aromatic rings. The Bertz CT molecular complexity index is 1600. The van der Waals surface area contributed by atoms with E-state index in [1.54, 1.807) is 25.3 Å².